The number of imide groups is 1. The molecular formula is C44H48F2N10O6S. The van der Waals surface area contributed by atoms with Gasteiger partial charge >= 0.3 is 5.69 Å². The molecule has 10 rings (SSSR count). The summed E-state index contributed by atoms with van der Waals surface area (Å²) in [4.78, 5) is 64.9. The SMILES string of the molecule is Cn1c(=O)n(C2CCC(=O)NC2=O)c2cccc(C#CCOC3CCN(CC4CCC(c5nc(C(F)F)c(NC(=O)c6cnn7ccc(N8C[C@H]9C[C@@H]8CO9)nc67)s5)CC4)CC3)c21. The molecule has 0 spiro atoms. The molecule has 330 valence electrons. The van der Waals surface area contributed by atoms with Crippen LogP contribution < -0.4 is 21.2 Å². The van der Waals surface area contributed by atoms with Crippen molar-refractivity contribution in [3.63, 3.8) is 0 Å². The van der Waals surface area contributed by atoms with E-state index in [9.17, 15) is 28.0 Å². The van der Waals surface area contributed by atoms with Crippen LogP contribution in [0.3, 0.4) is 0 Å². The number of nitrogens with one attached hydrogen (secondary N) is 2. The number of rotatable bonds is 10. The van der Waals surface area contributed by atoms with Gasteiger partial charge in [0.05, 0.1) is 52.7 Å². The lowest BCUT2D eigenvalue weighted by Gasteiger charge is -2.36. The zero-order valence-electron chi connectivity index (χ0n) is 34.8. The number of fused-ring (bicyclic) bond motifs is 4. The number of aryl methyl sites for hydroxylation is 1. The van der Waals surface area contributed by atoms with Crippen molar-refractivity contribution in [2.24, 2.45) is 13.0 Å². The van der Waals surface area contributed by atoms with Crippen LogP contribution in [0.15, 0.2) is 41.5 Å². The molecule has 1 unspecified atom stereocenters. The summed E-state index contributed by atoms with van der Waals surface area (Å²) >= 11 is 1.14. The molecule has 1 aliphatic carbocycles. The highest BCUT2D eigenvalue weighted by molar-refractivity contribution is 7.16. The number of hydrogen-bond donors (Lipinski definition) is 2. The van der Waals surface area contributed by atoms with E-state index >= 15 is 0 Å². The Morgan fingerprint density at radius 2 is 1.90 bits per heavy atom. The van der Waals surface area contributed by atoms with Crippen molar-refractivity contribution in [2.45, 2.75) is 94.4 Å². The fourth-order valence-corrected chi connectivity index (χ4v) is 11.2. The summed E-state index contributed by atoms with van der Waals surface area (Å²) in [5.41, 5.74) is 1.73. The predicted octanol–water partition coefficient (Wildman–Crippen LogP) is 4.79. The minimum Gasteiger partial charge on any atom is -0.374 e. The number of nitrogens with zero attached hydrogens (tertiary/aromatic N) is 8. The van der Waals surface area contributed by atoms with E-state index in [4.69, 9.17) is 14.5 Å². The molecule has 4 saturated heterocycles. The third kappa shape index (κ3) is 8.13. The number of carbonyl (C=O) groups excluding carboxylic acids is 3. The smallest absolute Gasteiger partial charge is 0.329 e. The van der Waals surface area contributed by atoms with Crippen LogP contribution in [0.2, 0.25) is 0 Å². The first-order valence-electron chi connectivity index (χ1n) is 21.8. The number of hydrogen-bond acceptors (Lipinski definition) is 12. The lowest BCUT2D eigenvalue weighted by molar-refractivity contribution is -0.135. The van der Waals surface area contributed by atoms with E-state index in [1.54, 1.807) is 19.3 Å². The molecule has 3 amide bonds. The maximum atomic E-state index is 14.3. The van der Waals surface area contributed by atoms with Gasteiger partial charge in [-0.1, -0.05) is 17.9 Å². The van der Waals surface area contributed by atoms with Gasteiger partial charge in [-0.25, -0.2) is 28.1 Å². The third-order valence-corrected chi connectivity index (χ3v) is 14.5. The van der Waals surface area contributed by atoms with Crippen molar-refractivity contribution in [1.82, 2.24) is 38.9 Å². The third-order valence-electron chi connectivity index (χ3n) is 13.4. The first kappa shape index (κ1) is 41.5. The Kier molecular flexibility index (Phi) is 11.3. The van der Waals surface area contributed by atoms with Gasteiger partial charge in [-0.2, -0.15) is 5.10 Å². The van der Waals surface area contributed by atoms with E-state index in [1.165, 1.54) is 19.8 Å². The number of ether oxygens (including phenoxy) is 2. The molecule has 19 heteroatoms. The zero-order valence-corrected chi connectivity index (χ0v) is 35.6. The van der Waals surface area contributed by atoms with Crippen molar-refractivity contribution >= 4 is 56.6 Å². The minimum atomic E-state index is -2.83. The number of para-hydroxylation sites is 1. The summed E-state index contributed by atoms with van der Waals surface area (Å²) in [6.45, 7) is 4.44. The van der Waals surface area contributed by atoms with Crippen LogP contribution in [0.5, 0.6) is 0 Å². The normalized spacial score (nSPS) is 24.4. The van der Waals surface area contributed by atoms with Crippen LogP contribution in [0, 0.1) is 17.8 Å². The quantitative estimate of drug-likeness (QED) is 0.146. The second-order valence-electron chi connectivity index (χ2n) is 17.3. The summed E-state index contributed by atoms with van der Waals surface area (Å²) in [6.07, 6.45) is 7.42. The van der Waals surface area contributed by atoms with Gasteiger partial charge in [0, 0.05) is 51.8 Å². The maximum absolute atomic E-state index is 14.3. The summed E-state index contributed by atoms with van der Waals surface area (Å²) in [7, 11) is 1.66. The summed E-state index contributed by atoms with van der Waals surface area (Å²) in [6, 6.07) is 6.80. The van der Waals surface area contributed by atoms with Crippen LogP contribution >= 0.6 is 11.3 Å². The van der Waals surface area contributed by atoms with Crippen LogP contribution in [-0.2, 0) is 26.1 Å². The highest BCUT2D eigenvalue weighted by Crippen LogP contribution is 2.42. The molecule has 4 aliphatic heterocycles. The number of morpholine rings is 1. The Morgan fingerprint density at radius 3 is 2.65 bits per heavy atom. The second-order valence-corrected chi connectivity index (χ2v) is 18.3. The molecule has 5 fully saturated rings. The molecule has 3 atom stereocenters. The van der Waals surface area contributed by atoms with Crippen LogP contribution in [-0.4, -0.2) is 109 Å². The summed E-state index contributed by atoms with van der Waals surface area (Å²) in [5.74, 6) is 6.22. The number of amides is 3. The number of carbonyl (C=O) groups is 3. The number of anilines is 2. The molecule has 4 aromatic heterocycles. The molecule has 5 aromatic rings. The van der Waals surface area contributed by atoms with E-state index in [0.717, 1.165) is 88.3 Å². The summed E-state index contributed by atoms with van der Waals surface area (Å²) < 4.78 is 45.0. The van der Waals surface area contributed by atoms with Crippen LogP contribution in [0.4, 0.5) is 19.6 Å². The molecule has 2 bridgehead atoms. The molecule has 0 radical (unpaired) electrons. The van der Waals surface area contributed by atoms with Crippen molar-refractivity contribution < 1.29 is 32.6 Å². The number of benzene rings is 1. The fraction of sp³-hybridized carbons (Fsp3) is 0.523. The standard InChI is InChI=1S/C44H48F2N10O6S/c1-52-37-26(4-2-6-32(37)56(44(52)60)33-11-12-35(57)49-41(33)59)5-3-19-61-29-13-16-53(17-14-29)22-25-7-9-27(10-8-25)42-50-36(38(45)46)43(63-42)51-40(58)31-21-47-55-18-15-34(48-39(31)55)54-23-30-20-28(54)24-62-30/h2,4,6,15,18,21,25,27-30,33,38H,7-14,16-17,19-20,22-24H2,1H3,(H,51,58)(H,49,57,59)/t25?,27?,28-,30-,33?/m1/s1. The molecule has 1 aromatic carbocycles. The second kappa shape index (κ2) is 17.2. The fourth-order valence-electron chi connectivity index (χ4n) is 10.1. The molecule has 16 nitrogen and oxygen atoms in total. The lowest BCUT2D eigenvalue weighted by Crippen LogP contribution is -2.44. The molecular weight excluding hydrogens is 835 g/mol. The summed E-state index contributed by atoms with van der Waals surface area (Å²) in [5, 5.41) is 10.1. The van der Waals surface area contributed by atoms with Crippen LogP contribution in [0.25, 0.3) is 16.7 Å². The number of imidazole rings is 1. The van der Waals surface area contributed by atoms with Crippen molar-refractivity contribution in [3.8, 4) is 11.8 Å². The van der Waals surface area contributed by atoms with Gasteiger partial charge in [-0.3, -0.25) is 28.8 Å². The van der Waals surface area contributed by atoms with Gasteiger partial charge in [0.2, 0.25) is 11.8 Å². The Balaban J connectivity index is 0.700. The van der Waals surface area contributed by atoms with Crippen LogP contribution in [0.1, 0.15) is 103 Å². The van der Waals surface area contributed by atoms with Gasteiger partial charge in [0.25, 0.3) is 12.3 Å². The van der Waals surface area contributed by atoms with E-state index in [0.29, 0.717) is 39.8 Å². The number of aromatic nitrogens is 6. The molecule has 63 heavy (non-hydrogen) atoms. The van der Waals surface area contributed by atoms with Crippen molar-refractivity contribution in [3.05, 3.63) is 69.0 Å². The Bertz CT molecular complexity index is 2700. The van der Waals surface area contributed by atoms with Crippen molar-refractivity contribution in [1.29, 1.82) is 0 Å². The lowest BCUT2D eigenvalue weighted by atomic mass is 9.82. The average Bonchev–Trinajstić information content (AvgIpc) is 4.13. The topological polar surface area (TPSA) is 170 Å². The monoisotopic (exact) mass is 882 g/mol. The first-order chi connectivity index (χ1) is 30.6. The van der Waals surface area contributed by atoms with Gasteiger partial charge in [0.1, 0.15) is 34.7 Å². The first-order valence-corrected chi connectivity index (χ1v) is 22.6. The molecule has 5 aliphatic rings. The van der Waals surface area contributed by atoms with E-state index in [-0.39, 0.29) is 65.8 Å². The number of thiazole rings is 1. The van der Waals surface area contributed by atoms with E-state index < -0.39 is 30.0 Å². The number of halogens is 2. The molecule has 1 saturated carbocycles. The Morgan fingerprint density at radius 1 is 1.08 bits per heavy atom. The highest BCUT2D eigenvalue weighted by atomic mass is 32.1. The molecule has 2 N–H and O–H groups in total. The predicted molar refractivity (Wildman–Crippen MR) is 229 cm³/mol. The van der Waals surface area contributed by atoms with Gasteiger partial charge in [-0.05, 0) is 75.5 Å². The van der Waals surface area contributed by atoms with E-state index in [2.05, 4.69) is 42.4 Å². The minimum absolute atomic E-state index is 0.0535. The van der Waals surface area contributed by atoms with Gasteiger partial charge in [-0.15, -0.1) is 11.3 Å². The largest absolute Gasteiger partial charge is 0.374 e. The Labute approximate surface area is 364 Å². The molecule has 8 heterocycles. The maximum Gasteiger partial charge on any atom is 0.329 e. The number of likely N-dealkylation sites (tertiary alicyclic amines) is 1. The number of alkyl halides is 2. The van der Waals surface area contributed by atoms with Crippen molar-refractivity contribution in [2.75, 3.05) is 49.6 Å². The zero-order chi connectivity index (χ0) is 43.4. The van der Waals surface area contributed by atoms with E-state index in [1.807, 2.05) is 18.2 Å². The van der Waals surface area contributed by atoms with Gasteiger partial charge in [0.15, 0.2) is 5.65 Å². The highest BCUT2D eigenvalue weighted by Gasteiger charge is 2.40. The van der Waals surface area contributed by atoms with Gasteiger partial charge < -0.3 is 24.6 Å². The Hall–Kier alpha value is -5.55. The number of piperidine rings is 2. The average molecular weight is 883 g/mol.